The summed E-state index contributed by atoms with van der Waals surface area (Å²) in [4.78, 5) is 21.2. The first-order chi connectivity index (χ1) is 15.8. The lowest BCUT2D eigenvalue weighted by Crippen LogP contribution is -2.50. The SMILES string of the molecule is C=C/C=C(\C=C/C)C(c1ccccc1)N1CCN(C(=O)c2cncc(NS(C)(=O)=O)c2)CC1. The Hall–Kier alpha value is -3.23. The molecule has 1 aromatic carbocycles. The first kappa shape index (κ1) is 24.4. The van der Waals surface area contributed by atoms with E-state index in [1.54, 1.807) is 11.0 Å². The lowest BCUT2D eigenvalue weighted by molar-refractivity contribution is 0.0596. The Balaban J connectivity index is 1.77. The lowest BCUT2D eigenvalue weighted by Gasteiger charge is -2.40. The van der Waals surface area contributed by atoms with E-state index in [1.165, 1.54) is 24.0 Å². The summed E-state index contributed by atoms with van der Waals surface area (Å²) in [5.41, 5.74) is 2.96. The highest BCUT2D eigenvalue weighted by Crippen LogP contribution is 2.31. The molecule has 1 amide bonds. The molecule has 0 saturated carbocycles. The monoisotopic (exact) mass is 466 g/mol. The molecule has 174 valence electrons. The van der Waals surface area contributed by atoms with Gasteiger partial charge in [0, 0.05) is 32.4 Å². The fourth-order valence-corrected chi connectivity index (χ4v) is 4.55. The molecule has 1 saturated heterocycles. The van der Waals surface area contributed by atoms with E-state index >= 15 is 0 Å². The van der Waals surface area contributed by atoms with Crippen LogP contribution in [0, 0.1) is 0 Å². The number of hydrogen-bond acceptors (Lipinski definition) is 5. The highest BCUT2D eigenvalue weighted by Gasteiger charge is 2.29. The van der Waals surface area contributed by atoms with E-state index in [0.717, 1.165) is 11.8 Å². The van der Waals surface area contributed by atoms with E-state index < -0.39 is 10.0 Å². The molecule has 33 heavy (non-hydrogen) atoms. The van der Waals surface area contributed by atoms with Crippen molar-refractivity contribution >= 4 is 21.6 Å². The minimum Gasteiger partial charge on any atom is -0.336 e. The van der Waals surface area contributed by atoms with Gasteiger partial charge in [0.1, 0.15) is 0 Å². The molecule has 7 nitrogen and oxygen atoms in total. The number of pyridine rings is 1. The van der Waals surface area contributed by atoms with Gasteiger partial charge in [-0.05, 0) is 24.1 Å². The number of piperazine rings is 1. The molecule has 1 fully saturated rings. The molecule has 0 bridgehead atoms. The van der Waals surface area contributed by atoms with Crippen LogP contribution in [0.2, 0.25) is 0 Å². The van der Waals surface area contributed by atoms with Crippen LogP contribution in [-0.4, -0.2) is 61.5 Å². The summed E-state index contributed by atoms with van der Waals surface area (Å²) in [6.45, 7) is 8.39. The fraction of sp³-hybridized carbons (Fsp3) is 0.280. The van der Waals surface area contributed by atoms with Gasteiger partial charge >= 0.3 is 0 Å². The summed E-state index contributed by atoms with van der Waals surface area (Å²) in [7, 11) is -3.44. The van der Waals surface area contributed by atoms with Crippen LogP contribution in [0.25, 0.3) is 0 Å². The molecule has 1 aliphatic rings. The fourth-order valence-electron chi connectivity index (χ4n) is 4.01. The molecule has 0 spiro atoms. The van der Waals surface area contributed by atoms with Gasteiger partial charge in [0.25, 0.3) is 5.91 Å². The number of sulfonamides is 1. The molecular weight excluding hydrogens is 436 g/mol. The number of carbonyl (C=O) groups excluding carboxylic acids is 1. The quantitative estimate of drug-likeness (QED) is 0.601. The summed E-state index contributed by atoms with van der Waals surface area (Å²) < 4.78 is 25.4. The zero-order valence-corrected chi connectivity index (χ0v) is 19.8. The van der Waals surface area contributed by atoms with Crippen molar-refractivity contribution in [1.82, 2.24) is 14.8 Å². The molecule has 2 aromatic rings. The average molecular weight is 467 g/mol. The third kappa shape index (κ3) is 6.63. The largest absolute Gasteiger partial charge is 0.336 e. The zero-order chi connectivity index (χ0) is 23.8. The first-order valence-electron chi connectivity index (χ1n) is 10.8. The molecule has 1 aliphatic heterocycles. The number of nitrogens with zero attached hydrogens (tertiary/aromatic N) is 3. The van der Waals surface area contributed by atoms with Crippen molar-refractivity contribution in [3.05, 3.63) is 96.4 Å². The number of benzene rings is 1. The lowest BCUT2D eigenvalue weighted by atomic mass is 9.95. The topological polar surface area (TPSA) is 82.6 Å². The minimum atomic E-state index is -3.44. The van der Waals surface area contributed by atoms with Gasteiger partial charge in [0.15, 0.2) is 0 Å². The summed E-state index contributed by atoms with van der Waals surface area (Å²) in [6, 6.07) is 11.9. The summed E-state index contributed by atoms with van der Waals surface area (Å²) in [5.74, 6) is -0.161. The summed E-state index contributed by atoms with van der Waals surface area (Å²) >= 11 is 0. The van der Waals surface area contributed by atoms with Crippen molar-refractivity contribution in [1.29, 1.82) is 0 Å². The smallest absolute Gasteiger partial charge is 0.255 e. The van der Waals surface area contributed by atoms with Crippen LogP contribution < -0.4 is 4.72 Å². The molecule has 0 radical (unpaired) electrons. The van der Waals surface area contributed by atoms with Crippen molar-refractivity contribution in [2.75, 3.05) is 37.2 Å². The van der Waals surface area contributed by atoms with Crippen LogP contribution in [0.1, 0.15) is 28.9 Å². The normalized spacial score (nSPS) is 16.5. The molecular formula is C25H30N4O3S. The van der Waals surface area contributed by atoms with E-state index in [1.807, 2.05) is 37.3 Å². The molecule has 1 aromatic heterocycles. The standard InChI is InChI=1S/C25H30N4O3S/c1-4-9-20(10-5-2)24(21-11-7-6-8-12-21)28-13-15-29(16-14-28)25(30)22-17-23(19-26-18-22)27-33(3,31)32/h4-12,17-19,24,27H,1,13-16H2,2-3H3/b10-5-,20-9+. The molecule has 3 rings (SSSR count). The van der Waals surface area contributed by atoms with Crippen LogP contribution in [0.5, 0.6) is 0 Å². The van der Waals surface area contributed by atoms with E-state index in [4.69, 9.17) is 0 Å². The number of amides is 1. The van der Waals surface area contributed by atoms with E-state index in [2.05, 4.69) is 39.4 Å². The van der Waals surface area contributed by atoms with Crippen molar-refractivity contribution in [2.45, 2.75) is 13.0 Å². The second-order valence-electron chi connectivity index (χ2n) is 7.88. The van der Waals surface area contributed by atoms with Crippen LogP contribution in [-0.2, 0) is 10.0 Å². The first-order valence-corrected chi connectivity index (χ1v) is 12.7. The van der Waals surface area contributed by atoms with Gasteiger partial charge in [-0.2, -0.15) is 0 Å². The number of anilines is 1. The van der Waals surface area contributed by atoms with Crippen LogP contribution in [0.3, 0.4) is 0 Å². The third-order valence-corrected chi connectivity index (χ3v) is 5.96. The number of aromatic nitrogens is 1. The number of carbonyl (C=O) groups is 1. The predicted octanol–water partition coefficient (Wildman–Crippen LogP) is 3.64. The number of allylic oxidation sites excluding steroid dienone is 3. The number of hydrogen-bond donors (Lipinski definition) is 1. The molecule has 0 aliphatic carbocycles. The maximum absolute atomic E-state index is 13.1. The van der Waals surface area contributed by atoms with E-state index in [9.17, 15) is 13.2 Å². The van der Waals surface area contributed by atoms with Gasteiger partial charge in [0.05, 0.1) is 29.7 Å². The Kier molecular flexibility index (Phi) is 8.19. The zero-order valence-electron chi connectivity index (χ0n) is 19.0. The number of rotatable bonds is 8. The molecule has 8 heteroatoms. The molecule has 1 atom stereocenters. The Morgan fingerprint density at radius 2 is 1.85 bits per heavy atom. The summed E-state index contributed by atoms with van der Waals surface area (Å²) in [5, 5.41) is 0. The highest BCUT2D eigenvalue weighted by molar-refractivity contribution is 7.92. The highest BCUT2D eigenvalue weighted by atomic mass is 32.2. The third-order valence-electron chi connectivity index (χ3n) is 5.36. The van der Waals surface area contributed by atoms with Gasteiger partial charge in [0.2, 0.25) is 10.0 Å². The van der Waals surface area contributed by atoms with Crippen molar-refractivity contribution in [3.8, 4) is 0 Å². The second-order valence-corrected chi connectivity index (χ2v) is 9.63. The van der Waals surface area contributed by atoms with Crippen LogP contribution >= 0.6 is 0 Å². The van der Waals surface area contributed by atoms with Gasteiger partial charge < -0.3 is 4.90 Å². The Bertz CT molecular complexity index is 1140. The van der Waals surface area contributed by atoms with Crippen LogP contribution in [0.4, 0.5) is 5.69 Å². The van der Waals surface area contributed by atoms with Gasteiger partial charge in [-0.15, -0.1) is 0 Å². The molecule has 1 unspecified atom stereocenters. The molecule has 1 N–H and O–H groups in total. The van der Waals surface area contributed by atoms with Gasteiger partial charge in [-0.3, -0.25) is 19.4 Å². The van der Waals surface area contributed by atoms with E-state index in [0.29, 0.717) is 31.7 Å². The van der Waals surface area contributed by atoms with Crippen LogP contribution in [0.15, 0.2) is 85.2 Å². The molecule has 2 heterocycles. The van der Waals surface area contributed by atoms with Crippen molar-refractivity contribution in [3.63, 3.8) is 0 Å². The van der Waals surface area contributed by atoms with E-state index in [-0.39, 0.29) is 17.6 Å². The van der Waals surface area contributed by atoms with Crippen molar-refractivity contribution < 1.29 is 13.2 Å². The van der Waals surface area contributed by atoms with Gasteiger partial charge in [-0.25, -0.2) is 8.42 Å². The predicted molar refractivity (Wildman–Crippen MR) is 132 cm³/mol. The summed E-state index contributed by atoms with van der Waals surface area (Å²) in [6.07, 6.45) is 11.9. The second kappa shape index (κ2) is 11.1. The Morgan fingerprint density at radius 1 is 1.15 bits per heavy atom. The average Bonchev–Trinajstić information content (AvgIpc) is 2.79. The number of nitrogens with one attached hydrogen (secondary N) is 1. The van der Waals surface area contributed by atoms with Gasteiger partial charge in [-0.1, -0.05) is 61.2 Å². The minimum absolute atomic E-state index is 0.0570. The Morgan fingerprint density at radius 3 is 2.45 bits per heavy atom. The maximum Gasteiger partial charge on any atom is 0.255 e. The van der Waals surface area contributed by atoms with Crippen molar-refractivity contribution in [2.24, 2.45) is 0 Å². The maximum atomic E-state index is 13.1. The Labute approximate surface area is 196 Å².